The van der Waals surface area contributed by atoms with E-state index in [2.05, 4.69) is 5.10 Å². The van der Waals surface area contributed by atoms with Crippen molar-refractivity contribution in [3.8, 4) is 11.4 Å². The summed E-state index contributed by atoms with van der Waals surface area (Å²) < 4.78 is 96.9. The van der Waals surface area contributed by atoms with Gasteiger partial charge < -0.3 is 9.30 Å². The van der Waals surface area contributed by atoms with Crippen LogP contribution in [0.2, 0.25) is 10.0 Å². The van der Waals surface area contributed by atoms with Gasteiger partial charge in [0.1, 0.15) is 12.4 Å². The number of ether oxygens (including phenoxy) is 1. The van der Waals surface area contributed by atoms with Gasteiger partial charge in [-0.3, -0.25) is 0 Å². The summed E-state index contributed by atoms with van der Waals surface area (Å²) in [5, 5.41) is 3.75. The maximum Gasteiger partial charge on any atom is 0.462 e. The van der Waals surface area contributed by atoms with Crippen LogP contribution in [0, 0.1) is 13.8 Å². The van der Waals surface area contributed by atoms with Crippen molar-refractivity contribution in [3.63, 3.8) is 0 Å². The Balaban J connectivity index is 1.72. The number of rotatable bonds is 8. The molecule has 0 aliphatic carbocycles. The predicted octanol–water partition coefficient (Wildman–Crippen LogP) is 7.69. The van der Waals surface area contributed by atoms with Gasteiger partial charge in [-0.15, -0.1) is 0 Å². The number of hydrogen-bond acceptors (Lipinski definition) is 3. The summed E-state index contributed by atoms with van der Waals surface area (Å²) in [6, 6.07) is 7.82. The van der Waals surface area contributed by atoms with Crippen LogP contribution in [0.25, 0.3) is 5.69 Å². The molecule has 1 aromatic heterocycles. The van der Waals surface area contributed by atoms with E-state index < -0.39 is 18.1 Å². The Kier molecular flexibility index (Phi) is 7.85. The molecule has 0 saturated carbocycles. The molecule has 0 fully saturated rings. The van der Waals surface area contributed by atoms with E-state index in [1.807, 2.05) is 0 Å². The minimum Gasteiger partial charge on any atom is -0.489 e. The van der Waals surface area contributed by atoms with Crippen LogP contribution >= 0.6 is 23.2 Å². The van der Waals surface area contributed by atoms with Crippen molar-refractivity contribution < 1.29 is 35.5 Å². The van der Waals surface area contributed by atoms with E-state index in [0.29, 0.717) is 38.3 Å². The van der Waals surface area contributed by atoms with Crippen molar-refractivity contribution >= 4 is 29.4 Å². The summed E-state index contributed by atoms with van der Waals surface area (Å²) >= 11 is 11.9. The van der Waals surface area contributed by atoms with Crippen molar-refractivity contribution in [3.05, 3.63) is 81.1 Å². The molecule has 2 aromatic carbocycles. The zero-order valence-corrected chi connectivity index (χ0v) is 20.1. The number of nitrogens with one attached hydrogen (secondary N) is 1. The minimum absolute atomic E-state index is 0.228. The molecular formula is C23H18Cl2F7N3O. The molecule has 13 heteroatoms. The molecule has 36 heavy (non-hydrogen) atoms. The molecule has 4 nitrogen and oxygen atoms in total. The quantitative estimate of drug-likeness (QED) is 0.134. The second-order valence-electron chi connectivity index (χ2n) is 7.71. The lowest BCUT2D eigenvalue weighted by Crippen LogP contribution is -2.58. The molecule has 0 spiro atoms. The number of nitrogens with zero attached hydrogens (tertiary/aromatic N) is 2. The van der Waals surface area contributed by atoms with Crippen LogP contribution in [-0.2, 0) is 6.61 Å². The van der Waals surface area contributed by atoms with Gasteiger partial charge in [-0.25, -0.2) is 5.43 Å². The standard InChI is InChI=1S/C23H18Cl2F7N3O/c1-13-9-16(11-33-34-23(31,32)21(26,27)22(28,29)30)14(2)35(13)17-4-6-18(7-5-17)36-12-15-3-8-19(24)20(25)10-15/h3-11,34H,12H2,1-2H3/b33-11-. The zero-order chi connectivity index (χ0) is 26.9. The zero-order valence-electron chi connectivity index (χ0n) is 18.6. The predicted molar refractivity (Wildman–Crippen MR) is 123 cm³/mol. The van der Waals surface area contributed by atoms with E-state index in [4.69, 9.17) is 27.9 Å². The highest BCUT2D eigenvalue weighted by atomic mass is 35.5. The fraction of sp³-hybridized carbons (Fsp3) is 0.261. The summed E-state index contributed by atoms with van der Waals surface area (Å²) in [4.78, 5) is 0. The number of aryl methyl sites for hydroxylation is 1. The van der Waals surface area contributed by atoms with E-state index >= 15 is 0 Å². The van der Waals surface area contributed by atoms with E-state index in [-0.39, 0.29) is 12.2 Å². The molecule has 1 heterocycles. The first-order valence-electron chi connectivity index (χ1n) is 10.1. The lowest BCUT2D eigenvalue weighted by molar-refractivity contribution is -0.361. The summed E-state index contributed by atoms with van der Waals surface area (Å²) in [6.45, 7) is 3.54. The van der Waals surface area contributed by atoms with Gasteiger partial charge in [0.05, 0.1) is 16.3 Å². The van der Waals surface area contributed by atoms with Crippen LogP contribution in [0.5, 0.6) is 5.75 Å². The van der Waals surface area contributed by atoms with Crippen LogP contribution in [0.3, 0.4) is 0 Å². The molecule has 0 bridgehead atoms. The third kappa shape index (κ3) is 5.73. The van der Waals surface area contributed by atoms with Crippen LogP contribution in [0.15, 0.2) is 53.6 Å². The Morgan fingerprint density at radius 2 is 1.56 bits per heavy atom. The smallest absolute Gasteiger partial charge is 0.462 e. The van der Waals surface area contributed by atoms with Crippen molar-refractivity contribution in [2.75, 3.05) is 0 Å². The molecule has 3 rings (SSSR count). The second-order valence-corrected chi connectivity index (χ2v) is 8.52. The van der Waals surface area contributed by atoms with Crippen LogP contribution in [0.4, 0.5) is 30.7 Å². The van der Waals surface area contributed by atoms with Gasteiger partial charge in [0.25, 0.3) is 0 Å². The summed E-state index contributed by atoms with van der Waals surface area (Å²) in [5.74, 6) is -5.76. The molecule has 0 saturated heterocycles. The van der Waals surface area contributed by atoms with E-state index in [0.717, 1.165) is 11.8 Å². The Morgan fingerprint density at radius 3 is 2.14 bits per heavy atom. The lowest BCUT2D eigenvalue weighted by atomic mass is 10.2. The molecule has 0 aliphatic heterocycles. The van der Waals surface area contributed by atoms with Crippen molar-refractivity contribution in [2.24, 2.45) is 5.10 Å². The van der Waals surface area contributed by atoms with Gasteiger partial charge in [0.2, 0.25) is 0 Å². The van der Waals surface area contributed by atoms with Gasteiger partial charge in [0.15, 0.2) is 0 Å². The highest BCUT2D eigenvalue weighted by Gasteiger charge is 2.73. The topological polar surface area (TPSA) is 38.5 Å². The van der Waals surface area contributed by atoms with E-state index in [1.165, 1.54) is 6.07 Å². The van der Waals surface area contributed by atoms with Crippen LogP contribution in [0.1, 0.15) is 22.5 Å². The first-order valence-corrected chi connectivity index (χ1v) is 10.9. The van der Waals surface area contributed by atoms with Gasteiger partial charge in [-0.05, 0) is 61.9 Å². The summed E-state index contributed by atoms with van der Waals surface area (Å²) in [7, 11) is 0. The molecular weight excluding hydrogens is 538 g/mol. The third-order valence-electron chi connectivity index (χ3n) is 5.11. The maximum absolute atomic E-state index is 13.4. The fourth-order valence-electron chi connectivity index (χ4n) is 3.23. The monoisotopic (exact) mass is 555 g/mol. The Morgan fingerprint density at radius 1 is 0.917 bits per heavy atom. The number of aromatic nitrogens is 1. The molecule has 0 aliphatic rings. The van der Waals surface area contributed by atoms with E-state index in [1.54, 1.807) is 60.9 Å². The Labute approximate surface area is 211 Å². The lowest BCUT2D eigenvalue weighted by Gasteiger charge is -2.27. The summed E-state index contributed by atoms with van der Waals surface area (Å²) in [5.41, 5.74) is 3.42. The number of hydrazone groups is 1. The summed E-state index contributed by atoms with van der Waals surface area (Å²) in [6.07, 6.45) is -5.71. The molecule has 3 aromatic rings. The molecule has 0 radical (unpaired) electrons. The molecule has 194 valence electrons. The van der Waals surface area contributed by atoms with Gasteiger partial charge in [-0.2, -0.15) is 35.8 Å². The molecule has 0 atom stereocenters. The maximum atomic E-state index is 13.4. The first kappa shape index (κ1) is 27.7. The first-order chi connectivity index (χ1) is 16.6. The fourth-order valence-corrected chi connectivity index (χ4v) is 3.55. The van der Waals surface area contributed by atoms with Crippen molar-refractivity contribution in [1.82, 2.24) is 9.99 Å². The van der Waals surface area contributed by atoms with Crippen molar-refractivity contribution in [1.29, 1.82) is 0 Å². The number of halogens is 9. The molecule has 1 N–H and O–H groups in total. The average molecular weight is 556 g/mol. The largest absolute Gasteiger partial charge is 0.489 e. The SMILES string of the molecule is Cc1cc(/C=N\NC(F)(F)C(F)(F)C(F)(F)F)c(C)n1-c1ccc(OCc2ccc(Cl)c(Cl)c2)cc1. The highest BCUT2D eigenvalue weighted by Crippen LogP contribution is 2.45. The third-order valence-corrected chi connectivity index (χ3v) is 5.85. The van der Waals surface area contributed by atoms with Crippen LogP contribution < -0.4 is 10.2 Å². The number of benzene rings is 2. The molecule has 0 amide bonds. The molecule has 0 unspecified atom stereocenters. The van der Waals surface area contributed by atoms with Gasteiger partial charge in [0, 0.05) is 22.6 Å². The second kappa shape index (κ2) is 10.2. The van der Waals surface area contributed by atoms with Crippen LogP contribution in [-0.4, -0.2) is 28.9 Å². The normalized spacial score (nSPS) is 12.9. The van der Waals surface area contributed by atoms with Gasteiger partial charge in [-0.1, -0.05) is 29.3 Å². The Bertz CT molecular complexity index is 1260. The average Bonchev–Trinajstić information content (AvgIpc) is 3.07. The van der Waals surface area contributed by atoms with Gasteiger partial charge >= 0.3 is 18.1 Å². The number of alkyl halides is 7. The van der Waals surface area contributed by atoms with E-state index in [9.17, 15) is 30.7 Å². The Hall–Kier alpha value is -2.92. The highest BCUT2D eigenvalue weighted by molar-refractivity contribution is 6.42. The minimum atomic E-state index is -6.45. The van der Waals surface area contributed by atoms with Crippen molar-refractivity contribution in [2.45, 2.75) is 38.6 Å². The number of hydrogen-bond donors (Lipinski definition) is 1.